The number of fused-ring (bicyclic) bond motifs is 1. The van der Waals surface area contributed by atoms with Crippen molar-refractivity contribution >= 4 is 0 Å². The first-order valence-electron chi connectivity index (χ1n) is 7.07. The van der Waals surface area contributed by atoms with Crippen molar-refractivity contribution < 1.29 is 9.47 Å². The van der Waals surface area contributed by atoms with Crippen molar-refractivity contribution in [3.8, 4) is 0 Å². The lowest BCUT2D eigenvalue weighted by Crippen LogP contribution is -2.56. The van der Waals surface area contributed by atoms with Gasteiger partial charge in [0.15, 0.2) is 0 Å². The third-order valence-electron chi connectivity index (χ3n) is 4.27. The molecule has 4 nitrogen and oxygen atoms in total. The summed E-state index contributed by atoms with van der Waals surface area (Å²) >= 11 is 0. The van der Waals surface area contributed by atoms with Gasteiger partial charge in [-0.25, -0.2) is 0 Å². The smallest absolute Gasteiger partial charge is 0.0936 e. The lowest BCUT2D eigenvalue weighted by molar-refractivity contribution is -0.103. The van der Waals surface area contributed by atoms with Crippen molar-refractivity contribution in [2.75, 3.05) is 52.5 Å². The van der Waals surface area contributed by atoms with Crippen LogP contribution in [0.25, 0.3) is 0 Å². The van der Waals surface area contributed by atoms with E-state index in [0.29, 0.717) is 6.10 Å². The molecular formula is C13H24N2O2. The first-order valence-corrected chi connectivity index (χ1v) is 7.07. The molecule has 0 aliphatic carbocycles. The van der Waals surface area contributed by atoms with Gasteiger partial charge in [-0.05, 0) is 19.4 Å². The summed E-state index contributed by atoms with van der Waals surface area (Å²) in [6.45, 7) is 8.40. The van der Waals surface area contributed by atoms with Crippen LogP contribution in [0.4, 0.5) is 0 Å². The molecule has 3 rings (SSSR count). The maximum atomic E-state index is 5.74. The van der Waals surface area contributed by atoms with Crippen LogP contribution in [0.5, 0.6) is 0 Å². The molecule has 0 bridgehead atoms. The second-order valence-electron chi connectivity index (χ2n) is 5.51. The first kappa shape index (κ1) is 11.9. The standard InChI is InChI=1S/C13H24N2O2/c1-2-4-15-6-5-14(9-12(15)3-1)10-13-11-16-7-8-17-13/h12-13H,1-11H2. The van der Waals surface area contributed by atoms with E-state index in [2.05, 4.69) is 9.80 Å². The number of rotatable bonds is 2. The molecule has 17 heavy (non-hydrogen) atoms. The number of nitrogens with zero attached hydrogens (tertiary/aromatic N) is 2. The average Bonchev–Trinajstić information content (AvgIpc) is 2.40. The van der Waals surface area contributed by atoms with Crippen LogP contribution >= 0.6 is 0 Å². The highest BCUT2D eigenvalue weighted by Gasteiger charge is 2.30. The molecule has 4 heteroatoms. The van der Waals surface area contributed by atoms with Gasteiger partial charge in [-0.3, -0.25) is 9.80 Å². The number of piperazine rings is 1. The van der Waals surface area contributed by atoms with Crippen molar-refractivity contribution in [3.05, 3.63) is 0 Å². The molecule has 0 aromatic rings. The summed E-state index contributed by atoms with van der Waals surface area (Å²) in [4.78, 5) is 5.25. The Labute approximate surface area is 104 Å². The number of ether oxygens (including phenoxy) is 2. The summed E-state index contributed by atoms with van der Waals surface area (Å²) in [6, 6.07) is 0.807. The molecule has 3 aliphatic rings. The van der Waals surface area contributed by atoms with Crippen molar-refractivity contribution in [1.29, 1.82) is 0 Å². The van der Waals surface area contributed by atoms with Gasteiger partial charge < -0.3 is 9.47 Å². The highest BCUT2D eigenvalue weighted by Crippen LogP contribution is 2.21. The van der Waals surface area contributed by atoms with Gasteiger partial charge in [0.1, 0.15) is 0 Å². The monoisotopic (exact) mass is 240 g/mol. The highest BCUT2D eigenvalue weighted by molar-refractivity contribution is 4.86. The van der Waals surface area contributed by atoms with Gasteiger partial charge in [-0.1, -0.05) is 6.42 Å². The predicted molar refractivity (Wildman–Crippen MR) is 66.2 cm³/mol. The molecule has 3 aliphatic heterocycles. The fourth-order valence-corrected chi connectivity index (χ4v) is 3.32. The van der Waals surface area contributed by atoms with Gasteiger partial charge in [0.2, 0.25) is 0 Å². The summed E-state index contributed by atoms with van der Waals surface area (Å²) in [5.74, 6) is 0. The molecule has 0 aromatic heterocycles. The van der Waals surface area contributed by atoms with Crippen molar-refractivity contribution in [1.82, 2.24) is 9.80 Å². The van der Waals surface area contributed by atoms with Gasteiger partial charge in [0.05, 0.1) is 25.9 Å². The molecule has 2 unspecified atom stereocenters. The zero-order chi connectivity index (χ0) is 11.5. The normalized spacial score (nSPS) is 36.7. The summed E-state index contributed by atoms with van der Waals surface area (Å²) in [7, 11) is 0. The van der Waals surface area contributed by atoms with Crippen molar-refractivity contribution in [3.63, 3.8) is 0 Å². The van der Waals surface area contributed by atoms with E-state index in [4.69, 9.17) is 9.47 Å². The van der Waals surface area contributed by atoms with Crippen LogP contribution in [-0.4, -0.2) is 74.5 Å². The lowest BCUT2D eigenvalue weighted by Gasteiger charge is -2.45. The Morgan fingerprint density at radius 3 is 2.94 bits per heavy atom. The van der Waals surface area contributed by atoms with E-state index in [1.54, 1.807) is 0 Å². The Morgan fingerprint density at radius 1 is 1.06 bits per heavy atom. The molecular weight excluding hydrogens is 216 g/mol. The molecule has 0 N–H and O–H groups in total. The Morgan fingerprint density at radius 2 is 2.06 bits per heavy atom. The van der Waals surface area contributed by atoms with Crippen molar-refractivity contribution in [2.45, 2.75) is 31.4 Å². The average molecular weight is 240 g/mol. The van der Waals surface area contributed by atoms with Crippen LogP contribution in [0.3, 0.4) is 0 Å². The fraction of sp³-hybridized carbons (Fsp3) is 1.00. The number of hydrogen-bond donors (Lipinski definition) is 0. The van der Waals surface area contributed by atoms with Gasteiger partial charge in [0, 0.05) is 32.2 Å². The minimum Gasteiger partial charge on any atom is -0.376 e. The number of hydrogen-bond acceptors (Lipinski definition) is 4. The molecule has 3 saturated heterocycles. The van der Waals surface area contributed by atoms with Crippen LogP contribution < -0.4 is 0 Å². The fourth-order valence-electron chi connectivity index (χ4n) is 3.32. The van der Waals surface area contributed by atoms with Gasteiger partial charge in [-0.15, -0.1) is 0 Å². The van der Waals surface area contributed by atoms with E-state index in [-0.39, 0.29) is 0 Å². The predicted octanol–water partition coefficient (Wildman–Crippen LogP) is 0.572. The van der Waals surface area contributed by atoms with E-state index in [9.17, 15) is 0 Å². The van der Waals surface area contributed by atoms with Crippen LogP contribution in [0.1, 0.15) is 19.3 Å². The van der Waals surface area contributed by atoms with Crippen LogP contribution in [0.2, 0.25) is 0 Å². The zero-order valence-corrected chi connectivity index (χ0v) is 10.6. The maximum absolute atomic E-state index is 5.74. The summed E-state index contributed by atoms with van der Waals surface area (Å²) < 4.78 is 11.2. The summed E-state index contributed by atoms with van der Waals surface area (Å²) in [5.41, 5.74) is 0. The molecule has 3 fully saturated rings. The SMILES string of the molecule is C1CCN2CCN(CC3COCCO3)CC2C1. The van der Waals surface area contributed by atoms with Gasteiger partial charge >= 0.3 is 0 Å². The highest BCUT2D eigenvalue weighted by atomic mass is 16.6. The number of piperidine rings is 1. The second kappa shape index (κ2) is 5.65. The van der Waals surface area contributed by atoms with Gasteiger partial charge in [-0.2, -0.15) is 0 Å². The first-order chi connectivity index (χ1) is 8.42. The zero-order valence-electron chi connectivity index (χ0n) is 10.6. The molecule has 0 saturated carbocycles. The summed E-state index contributed by atoms with van der Waals surface area (Å²) in [6.07, 6.45) is 4.51. The Hall–Kier alpha value is -0.160. The van der Waals surface area contributed by atoms with Crippen LogP contribution in [-0.2, 0) is 9.47 Å². The van der Waals surface area contributed by atoms with E-state index in [1.807, 2.05) is 0 Å². The molecule has 0 radical (unpaired) electrons. The maximum Gasteiger partial charge on any atom is 0.0936 e. The Kier molecular flexibility index (Phi) is 3.96. The second-order valence-corrected chi connectivity index (χ2v) is 5.51. The van der Waals surface area contributed by atoms with E-state index >= 15 is 0 Å². The summed E-state index contributed by atoms with van der Waals surface area (Å²) in [5, 5.41) is 0. The van der Waals surface area contributed by atoms with E-state index in [1.165, 1.54) is 45.4 Å². The molecule has 98 valence electrons. The van der Waals surface area contributed by atoms with E-state index in [0.717, 1.165) is 32.4 Å². The molecule has 2 atom stereocenters. The molecule has 0 aromatic carbocycles. The minimum absolute atomic E-state index is 0.305. The molecule has 0 amide bonds. The third kappa shape index (κ3) is 2.99. The largest absolute Gasteiger partial charge is 0.376 e. The van der Waals surface area contributed by atoms with Crippen LogP contribution in [0, 0.1) is 0 Å². The molecule has 0 spiro atoms. The topological polar surface area (TPSA) is 24.9 Å². The third-order valence-corrected chi connectivity index (χ3v) is 4.27. The Bertz CT molecular complexity index is 242. The van der Waals surface area contributed by atoms with E-state index < -0.39 is 0 Å². The molecule has 3 heterocycles. The van der Waals surface area contributed by atoms with Crippen molar-refractivity contribution in [2.24, 2.45) is 0 Å². The minimum atomic E-state index is 0.305. The Balaban J connectivity index is 1.48. The quantitative estimate of drug-likeness (QED) is 0.704. The van der Waals surface area contributed by atoms with Gasteiger partial charge in [0.25, 0.3) is 0 Å². The lowest BCUT2D eigenvalue weighted by atomic mass is 9.99. The van der Waals surface area contributed by atoms with Crippen LogP contribution in [0.15, 0.2) is 0 Å².